The van der Waals surface area contributed by atoms with Crippen LogP contribution in [0.5, 0.6) is 0 Å². The molecule has 7 heteroatoms. The molecule has 0 aliphatic heterocycles. The maximum absolute atomic E-state index is 12.0. The molecule has 124 valence electrons. The van der Waals surface area contributed by atoms with Crippen molar-refractivity contribution in [3.8, 4) is 0 Å². The fraction of sp³-hybridized carbons (Fsp3) is 0.118. The number of halogens is 2. The topological polar surface area (TPSA) is 72.5 Å². The minimum absolute atomic E-state index is 0.168. The second-order valence-electron chi connectivity index (χ2n) is 4.92. The Balaban J connectivity index is 1.97. The number of ether oxygens (including phenoxy) is 1. The third-order valence-electron chi connectivity index (χ3n) is 2.96. The van der Waals surface area contributed by atoms with Crippen molar-refractivity contribution in [1.82, 2.24) is 0 Å². The lowest BCUT2D eigenvalue weighted by atomic mass is 10.1. The highest BCUT2D eigenvalue weighted by Crippen LogP contribution is 2.19. The first-order chi connectivity index (χ1) is 11.3. The van der Waals surface area contributed by atoms with Gasteiger partial charge in [-0.2, -0.15) is 0 Å². The van der Waals surface area contributed by atoms with E-state index < -0.39 is 12.6 Å². The van der Waals surface area contributed by atoms with Gasteiger partial charge >= 0.3 is 5.97 Å². The van der Waals surface area contributed by atoms with E-state index in [2.05, 4.69) is 5.32 Å². The van der Waals surface area contributed by atoms with E-state index in [0.29, 0.717) is 21.3 Å². The Hall–Kier alpha value is -2.37. The van der Waals surface area contributed by atoms with Gasteiger partial charge in [0.25, 0.3) is 0 Å². The van der Waals surface area contributed by atoms with Crippen molar-refractivity contribution in [1.29, 1.82) is 0 Å². The first-order valence-electron chi connectivity index (χ1n) is 6.89. The van der Waals surface area contributed by atoms with Crippen LogP contribution in [0.3, 0.4) is 0 Å². The number of ketones is 1. The highest BCUT2D eigenvalue weighted by Gasteiger charge is 2.13. The van der Waals surface area contributed by atoms with E-state index in [0.717, 1.165) is 0 Å². The zero-order chi connectivity index (χ0) is 17.7. The Morgan fingerprint density at radius 1 is 0.958 bits per heavy atom. The SMILES string of the molecule is CC(=O)Nc1ccc(C(=O)COC(=O)c2cc(Cl)cc(Cl)c2)cc1. The lowest BCUT2D eigenvalue weighted by Gasteiger charge is -2.06. The maximum Gasteiger partial charge on any atom is 0.338 e. The Labute approximate surface area is 148 Å². The van der Waals surface area contributed by atoms with Gasteiger partial charge in [0.1, 0.15) is 0 Å². The van der Waals surface area contributed by atoms with Gasteiger partial charge < -0.3 is 10.1 Å². The van der Waals surface area contributed by atoms with Crippen molar-refractivity contribution >= 4 is 46.5 Å². The second-order valence-corrected chi connectivity index (χ2v) is 5.79. The van der Waals surface area contributed by atoms with Gasteiger partial charge in [-0.3, -0.25) is 9.59 Å². The fourth-order valence-electron chi connectivity index (χ4n) is 1.91. The average Bonchev–Trinajstić information content (AvgIpc) is 2.51. The summed E-state index contributed by atoms with van der Waals surface area (Å²) in [6.45, 7) is 0.975. The summed E-state index contributed by atoms with van der Waals surface area (Å²) in [5, 5.41) is 3.19. The molecule has 0 fully saturated rings. The predicted molar refractivity (Wildman–Crippen MR) is 91.8 cm³/mol. The fourth-order valence-corrected chi connectivity index (χ4v) is 2.44. The average molecular weight is 366 g/mol. The summed E-state index contributed by atoms with van der Waals surface area (Å²) in [6.07, 6.45) is 0. The number of anilines is 1. The normalized spacial score (nSPS) is 10.1. The molecule has 1 N–H and O–H groups in total. The zero-order valence-corrected chi connectivity index (χ0v) is 14.1. The molecule has 2 aromatic carbocycles. The van der Waals surface area contributed by atoms with Crippen LogP contribution in [0.1, 0.15) is 27.6 Å². The Morgan fingerprint density at radius 2 is 1.54 bits per heavy atom. The molecule has 0 saturated heterocycles. The van der Waals surface area contributed by atoms with Crippen LogP contribution in [-0.2, 0) is 9.53 Å². The number of amides is 1. The minimum Gasteiger partial charge on any atom is -0.454 e. The van der Waals surface area contributed by atoms with Gasteiger partial charge in [0.15, 0.2) is 12.4 Å². The number of rotatable bonds is 5. The molecule has 0 unspecified atom stereocenters. The summed E-state index contributed by atoms with van der Waals surface area (Å²) in [7, 11) is 0. The highest BCUT2D eigenvalue weighted by atomic mass is 35.5. The van der Waals surface area contributed by atoms with E-state index in [1.54, 1.807) is 12.1 Å². The first kappa shape index (κ1) is 18.0. The molecule has 0 spiro atoms. The molecule has 1 amide bonds. The van der Waals surface area contributed by atoms with Crippen LogP contribution >= 0.6 is 23.2 Å². The molecule has 5 nitrogen and oxygen atoms in total. The molecule has 0 atom stereocenters. The molecule has 2 rings (SSSR count). The Bertz CT molecular complexity index is 767. The quantitative estimate of drug-likeness (QED) is 0.642. The monoisotopic (exact) mass is 365 g/mol. The standard InChI is InChI=1S/C17H13Cl2NO4/c1-10(21)20-15-4-2-11(3-5-15)16(22)9-24-17(23)12-6-13(18)8-14(19)7-12/h2-8H,9H2,1H3,(H,20,21). The highest BCUT2D eigenvalue weighted by molar-refractivity contribution is 6.35. The van der Waals surface area contributed by atoms with E-state index in [-0.39, 0.29) is 17.3 Å². The molecule has 0 aromatic heterocycles. The summed E-state index contributed by atoms with van der Waals surface area (Å²) >= 11 is 11.6. The molecule has 24 heavy (non-hydrogen) atoms. The Kier molecular flexibility index (Phi) is 5.95. The van der Waals surface area contributed by atoms with Crippen molar-refractivity contribution in [2.24, 2.45) is 0 Å². The summed E-state index contributed by atoms with van der Waals surface area (Å²) in [6, 6.07) is 10.6. The van der Waals surface area contributed by atoms with Gasteiger partial charge in [0, 0.05) is 28.2 Å². The van der Waals surface area contributed by atoms with Crippen LogP contribution < -0.4 is 5.32 Å². The molecule has 2 aromatic rings. The van der Waals surface area contributed by atoms with Crippen LogP contribution in [0.25, 0.3) is 0 Å². The van der Waals surface area contributed by atoms with Crippen molar-refractivity contribution < 1.29 is 19.1 Å². The molecule has 0 saturated carbocycles. The van der Waals surface area contributed by atoms with Gasteiger partial charge in [-0.1, -0.05) is 23.2 Å². The summed E-state index contributed by atoms with van der Waals surface area (Å²) in [4.78, 5) is 34.9. The van der Waals surface area contributed by atoms with Crippen LogP contribution in [0.2, 0.25) is 10.0 Å². The lowest BCUT2D eigenvalue weighted by Crippen LogP contribution is -2.14. The van der Waals surface area contributed by atoms with E-state index >= 15 is 0 Å². The number of hydrogen-bond donors (Lipinski definition) is 1. The summed E-state index contributed by atoms with van der Waals surface area (Å²) in [5.74, 6) is -1.27. The van der Waals surface area contributed by atoms with Crippen molar-refractivity contribution in [2.75, 3.05) is 11.9 Å². The molecule has 0 radical (unpaired) electrons. The van der Waals surface area contributed by atoms with Crippen LogP contribution in [0, 0.1) is 0 Å². The molecule has 0 aliphatic carbocycles. The van der Waals surface area contributed by atoms with Gasteiger partial charge in [-0.25, -0.2) is 4.79 Å². The number of benzene rings is 2. The molecular formula is C17H13Cl2NO4. The number of carbonyl (C=O) groups excluding carboxylic acids is 3. The number of hydrogen-bond acceptors (Lipinski definition) is 4. The first-order valence-corrected chi connectivity index (χ1v) is 7.65. The van der Waals surface area contributed by atoms with Crippen molar-refractivity contribution in [2.45, 2.75) is 6.92 Å². The van der Waals surface area contributed by atoms with Crippen LogP contribution in [-0.4, -0.2) is 24.3 Å². The Morgan fingerprint density at radius 3 is 2.08 bits per heavy atom. The van der Waals surface area contributed by atoms with Crippen molar-refractivity contribution in [3.63, 3.8) is 0 Å². The zero-order valence-electron chi connectivity index (χ0n) is 12.6. The molecule has 0 heterocycles. The predicted octanol–water partition coefficient (Wildman–Crippen LogP) is 3.99. The minimum atomic E-state index is -0.692. The largest absolute Gasteiger partial charge is 0.454 e. The summed E-state index contributed by atoms with van der Waals surface area (Å²) < 4.78 is 4.97. The van der Waals surface area contributed by atoms with E-state index in [4.69, 9.17) is 27.9 Å². The molecule has 0 bridgehead atoms. The van der Waals surface area contributed by atoms with Crippen molar-refractivity contribution in [3.05, 3.63) is 63.6 Å². The molecule has 0 aliphatic rings. The van der Waals surface area contributed by atoms with Crippen LogP contribution in [0.4, 0.5) is 5.69 Å². The second kappa shape index (κ2) is 7.95. The number of nitrogens with one attached hydrogen (secondary N) is 1. The van der Waals surface area contributed by atoms with E-state index in [1.807, 2.05) is 0 Å². The van der Waals surface area contributed by atoms with Crippen LogP contribution in [0.15, 0.2) is 42.5 Å². The lowest BCUT2D eigenvalue weighted by molar-refractivity contribution is -0.114. The number of carbonyl (C=O) groups is 3. The van der Waals surface area contributed by atoms with E-state index in [1.165, 1.54) is 37.3 Å². The van der Waals surface area contributed by atoms with Gasteiger partial charge in [0.05, 0.1) is 5.56 Å². The smallest absolute Gasteiger partial charge is 0.338 e. The van der Waals surface area contributed by atoms with Gasteiger partial charge in [-0.15, -0.1) is 0 Å². The van der Waals surface area contributed by atoms with E-state index in [9.17, 15) is 14.4 Å². The van der Waals surface area contributed by atoms with Gasteiger partial charge in [-0.05, 0) is 42.5 Å². The number of Topliss-reactive ketones (excluding diaryl/α,β-unsaturated/α-hetero) is 1. The third kappa shape index (κ3) is 5.08. The summed E-state index contributed by atoms with van der Waals surface area (Å²) in [5.41, 5.74) is 1.10. The molecular weight excluding hydrogens is 353 g/mol. The van der Waals surface area contributed by atoms with Gasteiger partial charge in [0.2, 0.25) is 5.91 Å². The number of esters is 1. The maximum atomic E-state index is 12.0. The third-order valence-corrected chi connectivity index (χ3v) is 3.40.